The molecule has 0 saturated heterocycles. The van der Waals surface area contributed by atoms with Crippen LogP contribution in [0.25, 0.3) is 0 Å². The van der Waals surface area contributed by atoms with E-state index in [-0.39, 0.29) is 11.7 Å². The molecule has 0 aromatic heterocycles. The third-order valence-electron chi connectivity index (χ3n) is 1.29. The molecule has 0 aromatic carbocycles. The average Bonchev–Trinajstić information content (AvgIpc) is 1.86. The van der Waals surface area contributed by atoms with Crippen molar-refractivity contribution >= 4 is 11.7 Å². The minimum absolute atomic E-state index is 0.0460. The molecule has 11 heavy (non-hydrogen) atoms. The lowest BCUT2D eigenvalue weighted by molar-refractivity contribution is -0.118. The van der Waals surface area contributed by atoms with E-state index in [0.29, 0.717) is 13.0 Å². The second kappa shape index (κ2) is 4.68. The molecule has 0 fully saturated rings. The standard InChI is InChI=1S/C6H14N4O/c1-4(11)5(7)2-3-10-6(8)9/h5H,2-3,7H2,1H3,(H4,8,9,10). The fourth-order valence-electron chi connectivity index (χ4n) is 0.566. The van der Waals surface area contributed by atoms with Crippen molar-refractivity contribution in [2.75, 3.05) is 6.54 Å². The molecule has 0 heterocycles. The van der Waals surface area contributed by atoms with E-state index in [2.05, 4.69) is 5.32 Å². The zero-order valence-electron chi connectivity index (χ0n) is 6.55. The number of hydrogen-bond acceptors (Lipinski definition) is 3. The van der Waals surface area contributed by atoms with Gasteiger partial charge in [-0.15, -0.1) is 0 Å². The zero-order valence-corrected chi connectivity index (χ0v) is 6.55. The summed E-state index contributed by atoms with van der Waals surface area (Å²) in [6, 6.07) is -0.443. The fourth-order valence-corrected chi connectivity index (χ4v) is 0.566. The maximum Gasteiger partial charge on any atom is 0.185 e. The number of Topliss-reactive ketones (excluding diaryl/α,β-unsaturated/α-hetero) is 1. The second-order valence-corrected chi connectivity index (χ2v) is 2.35. The fraction of sp³-hybridized carbons (Fsp3) is 0.667. The normalized spacial score (nSPS) is 12.2. The van der Waals surface area contributed by atoms with E-state index in [0.717, 1.165) is 0 Å². The van der Waals surface area contributed by atoms with Crippen LogP contribution in [0.15, 0.2) is 0 Å². The molecule has 5 heteroatoms. The average molecular weight is 158 g/mol. The Labute approximate surface area is 65.6 Å². The van der Waals surface area contributed by atoms with Crippen LogP contribution in [0, 0.1) is 5.41 Å². The van der Waals surface area contributed by atoms with E-state index in [1.54, 1.807) is 0 Å². The summed E-state index contributed by atoms with van der Waals surface area (Å²) in [6.07, 6.45) is 0.509. The molecular weight excluding hydrogens is 144 g/mol. The number of nitrogens with one attached hydrogen (secondary N) is 2. The molecule has 0 amide bonds. The Morgan fingerprint density at radius 2 is 2.27 bits per heavy atom. The number of carbonyl (C=O) groups excluding carboxylic acids is 1. The Kier molecular flexibility index (Phi) is 4.21. The molecule has 0 saturated carbocycles. The predicted molar refractivity (Wildman–Crippen MR) is 43.2 cm³/mol. The number of ketones is 1. The van der Waals surface area contributed by atoms with Crippen molar-refractivity contribution in [3.05, 3.63) is 0 Å². The van der Waals surface area contributed by atoms with E-state index < -0.39 is 6.04 Å². The van der Waals surface area contributed by atoms with Gasteiger partial charge in [0, 0.05) is 6.54 Å². The molecule has 0 aromatic rings. The Morgan fingerprint density at radius 1 is 1.73 bits per heavy atom. The lowest BCUT2D eigenvalue weighted by Gasteiger charge is -2.07. The van der Waals surface area contributed by atoms with Crippen LogP contribution in [0.3, 0.4) is 0 Å². The maximum atomic E-state index is 10.6. The van der Waals surface area contributed by atoms with Crippen LogP contribution >= 0.6 is 0 Å². The van der Waals surface area contributed by atoms with Gasteiger partial charge in [-0.1, -0.05) is 0 Å². The van der Waals surface area contributed by atoms with Gasteiger partial charge in [0.25, 0.3) is 0 Å². The van der Waals surface area contributed by atoms with Crippen molar-refractivity contribution in [3.8, 4) is 0 Å². The molecule has 1 unspecified atom stereocenters. The summed E-state index contributed by atoms with van der Waals surface area (Å²) in [5.74, 6) is -0.142. The molecule has 0 aliphatic heterocycles. The second-order valence-electron chi connectivity index (χ2n) is 2.35. The summed E-state index contributed by atoms with van der Waals surface area (Å²) in [4.78, 5) is 10.6. The van der Waals surface area contributed by atoms with E-state index in [1.165, 1.54) is 6.92 Å². The van der Waals surface area contributed by atoms with Crippen LogP contribution in [0.1, 0.15) is 13.3 Å². The molecule has 6 N–H and O–H groups in total. The number of rotatable bonds is 4. The summed E-state index contributed by atoms with van der Waals surface area (Å²) in [6.45, 7) is 1.91. The van der Waals surface area contributed by atoms with Gasteiger partial charge in [0.2, 0.25) is 0 Å². The van der Waals surface area contributed by atoms with Crippen molar-refractivity contribution < 1.29 is 4.79 Å². The van der Waals surface area contributed by atoms with Crippen molar-refractivity contribution in [2.24, 2.45) is 11.5 Å². The van der Waals surface area contributed by atoms with Crippen molar-refractivity contribution in [1.29, 1.82) is 5.41 Å². The minimum atomic E-state index is -0.443. The van der Waals surface area contributed by atoms with Crippen LogP contribution in [0.2, 0.25) is 0 Å². The molecule has 0 bridgehead atoms. The molecule has 1 atom stereocenters. The molecule has 0 radical (unpaired) electrons. The Hall–Kier alpha value is -1.10. The first-order valence-electron chi connectivity index (χ1n) is 3.38. The topological polar surface area (TPSA) is 105 Å². The number of nitrogens with two attached hydrogens (primary N) is 2. The van der Waals surface area contributed by atoms with Gasteiger partial charge in [-0.25, -0.2) is 0 Å². The van der Waals surface area contributed by atoms with Gasteiger partial charge < -0.3 is 16.8 Å². The van der Waals surface area contributed by atoms with Crippen LogP contribution in [-0.4, -0.2) is 24.3 Å². The van der Waals surface area contributed by atoms with Gasteiger partial charge in [-0.2, -0.15) is 0 Å². The highest BCUT2D eigenvalue weighted by Gasteiger charge is 2.06. The van der Waals surface area contributed by atoms with Gasteiger partial charge >= 0.3 is 0 Å². The Balaban J connectivity index is 3.39. The maximum absolute atomic E-state index is 10.6. The smallest absolute Gasteiger partial charge is 0.185 e. The first-order valence-corrected chi connectivity index (χ1v) is 3.38. The van der Waals surface area contributed by atoms with Crippen molar-refractivity contribution in [3.63, 3.8) is 0 Å². The van der Waals surface area contributed by atoms with Gasteiger partial charge in [-0.3, -0.25) is 10.2 Å². The van der Waals surface area contributed by atoms with Crippen LogP contribution < -0.4 is 16.8 Å². The third-order valence-corrected chi connectivity index (χ3v) is 1.29. The quantitative estimate of drug-likeness (QED) is 0.304. The summed E-state index contributed by atoms with van der Waals surface area (Å²) in [5.41, 5.74) is 10.4. The van der Waals surface area contributed by atoms with E-state index in [1.807, 2.05) is 0 Å². The molecule has 0 rings (SSSR count). The van der Waals surface area contributed by atoms with E-state index in [4.69, 9.17) is 16.9 Å². The Morgan fingerprint density at radius 3 is 2.64 bits per heavy atom. The highest BCUT2D eigenvalue weighted by atomic mass is 16.1. The van der Waals surface area contributed by atoms with E-state index in [9.17, 15) is 4.79 Å². The molecular formula is C6H14N4O. The van der Waals surface area contributed by atoms with Gasteiger partial charge in [-0.05, 0) is 13.3 Å². The zero-order chi connectivity index (χ0) is 8.85. The Bertz CT molecular complexity index is 157. The first-order chi connectivity index (χ1) is 5.04. The van der Waals surface area contributed by atoms with Crippen LogP contribution in [0.4, 0.5) is 0 Å². The summed E-state index contributed by atoms with van der Waals surface area (Å²) in [5, 5.41) is 9.35. The van der Waals surface area contributed by atoms with Gasteiger partial charge in [0.15, 0.2) is 5.96 Å². The largest absolute Gasteiger partial charge is 0.370 e. The summed E-state index contributed by atoms with van der Waals surface area (Å²) < 4.78 is 0. The minimum Gasteiger partial charge on any atom is -0.370 e. The lowest BCUT2D eigenvalue weighted by atomic mass is 10.1. The number of carbonyl (C=O) groups is 1. The summed E-state index contributed by atoms with van der Waals surface area (Å²) >= 11 is 0. The molecule has 5 nitrogen and oxygen atoms in total. The van der Waals surface area contributed by atoms with E-state index >= 15 is 0 Å². The lowest BCUT2D eigenvalue weighted by Crippen LogP contribution is -2.36. The van der Waals surface area contributed by atoms with Crippen molar-refractivity contribution in [2.45, 2.75) is 19.4 Å². The van der Waals surface area contributed by atoms with Gasteiger partial charge in [0.05, 0.1) is 6.04 Å². The van der Waals surface area contributed by atoms with Crippen LogP contribution in [-0.2, 0) is 4.79 Å². The summed E-state index contributed by atoms with van der Waals surface area (Å²) in [7, 11) is 0. The van der Waals surface area contributed by atoms with Crippen LogP contribution in [0.5, 0.6) is 0 Å². The van der Waals surface area contributed by atoms with Crippen molar-refractivity contribution in [1.82, 2.24) is 5.32 Å². The third kappa shape index (κ3) is 5.35. The monoisotopic (exact) mass is 158 g/mol. The molecule has 0 aliphatic carbocycles. The van der Waals surface area contributed by atoms with Gasteiger partial charge in [0.1, 0.15) is 5.78 Å². The highest BCUT2D eigenvalue weighted by molar-refractivity contribution is 5.81. The molecule has 64 valence electrons. The highest BCUT2D eigenvalue weighted by Crippen LogP contribution is 1.86. The number of hydrogen-bond donors (Lipinski definition) is 4. The number of guanidine groups is 1. The molecule has 0 aliphatic rings. The first kappa shape index (κ1) is 9.90. The molecule has 0 spiro atoms. The SMILES string of the molecule is CC(=O)C(N)CCNC(=N)N. The predicted octanol–water partition coefficient (Wildman–Crippen LogP) is -1.22.